The number of fused-ring (bicyclic) bond motifs is 1. The maximum atomic E-state index is 13.7. The van der Waals surface area contributed by atoms with Gasteiger partial charge in [0.2, 0.25) is 5.95 Å². The summed E-state index contributed by atoms with van der Waals surface area (Å²) < 4.78 is 15.2. The number of halogens is 3. The average Bonchev–Trinajstić information content (AvgIpc) is 2.63. The minimum Gasteiger partial charge on any atom is -0.277 e. The van der Waals surface area contributed by atoms with Crippen LogP contribution in [0, 0.1) is 5.82 Å². The van der Waals surface area contributed by atoms with Crippen LogP contribution in [-0.2, 0) is 6.54 Å². The van der Waals surface area contributed by atoms with Crippen LogP contribution in [0.25, 0.3) is 10.9 Å². The first kappa shape index (κ1) is 18.4. The maximum Gasteiger partial charge on any atom is 0.262 e. The molecule has 0 amide bonds. The average molecular weight is 393 g/mol. The summed E-state index contributed by atoms with van der Waals surface area (Å²) in [6.07, 6.45) is 0. The Balaban J connectivity index is 2.06. The lowest BCUT2D eigenvalue weighted by atomic mass is 10.1. The van der Waals surface area contributed by atoms with E-state index in [-0.39, 0.29) is 27.1 Å². The second kappa shape index (κ2) is 7.43. The second-order valence-corrected chi connectivity index (χ2v) is 6.31. The van der Waals surface area contributed by atoms with Gasteiger partial charge in [-0.1, -0.05) is 35.3 Å². The SMILES string of the molecule is CCn1c(N/N=C(/C)c2c(Cl)ccc(F)c2Cl)nc2ccccc2c1=O. The third-order valence-electron chi connectivity index (χ3n) is 3.91. The molecule has 26 heavy (non-hydrogen) atoms. The number of aromatic nitrogens is 2. The number of para-hydroxylation sites is 1. The van der Waals surface area contributed by atoms with Crippen LogP contribution < -0.4 is 11.0 Å². The second-order valence-electron chi connectivity index (χ2n) is 5.53. The van der Waals surface area contributed by atoms with E-state index >= 15 is 0 Å². The Morgan fingerprint density at radius 1 is 1.27 bits per heavy atom. The molecule has 0 unspecified atom stereocenters. The predicted octanol–water partition coefficient (Wildman–Crippen LogP) is 4.70. The van der Waals surface area contributed by atoms with Gasteiger partial charge < -0.3 is 0 Å². The van der Waals surface area contributed by atoms with E-state index in [2.05, 4.69) is 15.5 Å². The van der Waals surface area contributed by atoms with Crippen LogP contribution in [0.4, 0.5) is 10.3 Å². The van der Waals surface area contributed by atoms with E-state index in [1.165, 1.54) is 16.7 Å². The highest BCUT2D eigenvalue weighted by molar-refractivity contribution is 6.40. The summed E-state index contributed by atoms with van der Waals surface area (Å²) in [5.74, 6) is -0.311. The fraction of sp³-hybridized carbons (Fsp3) is 0.167. The largest absolute Gasteiger partial charge is 0.277 e. The first-order valence-electron chi connectivity index (χ1n) is 7.87. The third kappa shape index (κ3) is 3.30. The molecule has 3 rings (SSSR count). The number of hydrogen-bond acceptors (Lipinski definition) is 4. The zero-order valence-corrected chi connectivity index (χ0v) is 15.6. The zero-order chi connectivity index (χ0) is 18.8. The maximum absolute atomic E-state index is 13.7. The van der Waals surface area contributed by atoms with Crippen molar-refractivity contribution in [1.82, 2.24) is 9.55 Å². The third-order valence-corrected chi connectivity index (χ3v) is 4.59. The van der Waals surface area contributed by atoms with Gasteiger partial charge in [0.15, 0.2) is 0 Å². The predicted molar refractivity (Wildman–Crippen MR) is 104 cm³/mol. The highest BCUT2D eigenvalue weighted by atomic mass is 35.5. The molecular weight excluding hydrogens is 378 g/mol. The van der Waals surface area contributed by atoms with E-state index in [0.29, 0.717) is 23.2 Å². The topological polar surface area (TPSA) is 59.3 Å². The van der Waals surface area contributed by atoms with Gasteiger partial charge in [0.25, 0.3) is 5.56 Å². The molecular formula is C18H15Cl2FN4O. The molecule has 0 aliphatic rings. The Hall–Kier alpha value is -2.44. The molecule has 0 fully saturated rings. The van der Waals surface area contributed by atoms with Crippen molar-refractivity contribution in [3.8, 4) is 0 Å². The number of benzene rings is 2. The van der Waals surface area contributed by atoms with E-state index in [4.69, 9.17) is 23.2 Å². The Morgan fingerprint density at radius 3 is 2.73 bits per heavy atom. The Bertz CT molecular complexity index is 1080. The van der Waals surface area contributed by atoms with E-state index in [0.717, 1.165) is 0 Å². The van der Waals surface area contributed by atoms with E-state index in [9.17, 15) is 9.18 Å². The van der Waals surface area contributed by atoms with Crippen molar-refractivity contribution in [2.24, 2.45) is 5.10 Å². The van der Waals surface area contributed by atoms with Crippen molar-refractivity contribution in [2.75, 3.05) is 5.43 Å². The van der Waals surface area contributed by atoms with Crippen molar-refractivity contribution in [3.05, 3.63) is 68.2 Å². The van der Waals surface area contributed by atoms with Crippen molar-refractivity contribution in [2.45, 2.75) is 20.4 Å². The fourth-order valence-corrected chi connectivity index (χ4v) is 3.24. The molecule has 1 aromatic heterocycles. The van der Waals surface area contributed by atoms with Gasteiger partial charge in [0.05, 0.1) is 26.7 Å². The van der Waals surface area contributed by atoms with Crippen LogP contribution in [0.1, 0.15) is 19.4 Å². The van der Waals surface area contributed by atoms with E-state index in [1.807, 2.05) is 6.92 Å². The summed E-state index contributed by atoms with van der Waals surface area (Å²) >= 11 is 12.1. The number of hydrogen-bond donors (Lipinski definition) is 1. The van der Waals surface area contributed by atoms with Crippen LogP contribution in [0.2, 0.25) is 10.0 Å². The number of hydrazone groups is 1. The Morgan fingerprint density at radius 2 is 2.00 bits per heavy atom. The van der Waals surface area contributed by atoms with E-state index < -0.39 is 5.82 Å². The lowest BCUT2D eigenvalue weighted by molar-refractivity contribution is 0.628. The van der Waals surface area contributed by atoms with Crippen LogP contribution >= 0.6 is 23.2 Å². The molecule has 1 heterocycles. The number of nitrogens with zero attached hydrogens (tertiary/aromatic N) is 3. The number of nitrogens with one attached hydrogen (secondary N) is 1. The first-order valence-corrected chi connectivity index (χ1v) is 8.63. The highest BCUT2D eigenvalue weighted by Crippen LogP contribution is 2.28. The van der Waals surface area contributed by atoms with Gasteiger partial charge in [-0.15, -0.1) is 0 Å². The summed E-state index contributed by atoms with van der Waals surface area (Å²) in [7, 11) is 0. The molecule has 134 valence electrons. The van der Waals surface area contributed by atoms with Crippen molar-refractivity contribution < 1.29 is 4.39 Å². The molecule has 0 saturated carbocycles. The molecule has 0 aliphatic carbocycles. The molecule has 0 atom stereocenters. The van der Waals surface area contributed by atoms with Gasteiger partial charge in [-0.2, -0.15) is 5.10 Å². The molecule has 8 heteroatoms. The molecule has 0 aliphatic heterocycles. The zero-order valence-electron chi connectivity index (χ0n) is 14.1. The molecule has 1 N–H and O–H groups in total. The lowest BCUT2D eigenvalue weighted by Crippen LogP contribution is -2.23. The van der Waals surface area contributed by atoms with Gasteiger partial charge in [0.1, 0.15) is 5.82 Å². The summed E-state index contributed by atoms with van der Waals surface area (Å²) in [6.45, 7) is 3.88. The Kier molecular flexibility index (Phi) is 5.25. The smallest absolute Gasteiger partial charge is 0.262 e. The van der Waals surface area contributed by atoms with Gasteiger partial charge in [-0.25, -0.2) is 14.8 Å². The molecule has 5 nitrogen and oxygen atoms in total. The van der Waals surface area contributed by atoms with Crippen LogP contribution in [0.15, 0.2) is 46.3 Å². The number of rotatable bonds is 4. The molecule has 0 spiro atoms. The normalized spacial score (nSPS) is 11.8. The lowest BCUT2D eigenvalue weighted by Gasteiger charge is -2.12. The molecule has 0 saturated heterocycles. The molecule has 0 bridgehead atoms. The quantitative estimate of drug-likeness (QED) is 0.397. The van der Waals surface area contributed by atoms with Crippen molar-refractivity contribution in [3.63, 3.8) is 0 Å². The van der Waals surface area contributed by atoms with Gasteiger partial charge in [0, 0.05) is 12.1 Å². The standard InChI is InChI=1S/C18H15Cl2FN4O/c1-3-25-17(26)11-6-4-5-7-14(11)22-18(25)24-23-10(2)15-12(19)8-9-13(21)16(15)20/h4-9H,3H2,1-2H3,(H,22,24)/b23-10-. The van der Waals surface area contributed by atoms with Gasteiger partial charge in [-0.05, 0) is 38.1 Å². The molecule has 2 aromatic carbocycles. The van der Waals surface area contributed by atoms with Gasteiger partial charge >= 0.3 is 0 Å². The Labute approximate surface area is 159 Å². The van der Waals surface area contributed by atoms with Crippen LogP contribution in [0.5, 0.6) is 0 Å². The fourth-order valence-electron chi connectivity index (χ4n) is 2.60. The van der Waals surface area contributed by atoms with Crippen LogP contribution in [-0.4, -0.2) is 15.3 Å². The first-order chi connectivity index (χ1) is 12.4. The monoisotopic (exact) mass is 392 g/mol. The van der Waals surface area contributed by atoms with Crippen LogP contribution in [0.3, 0.4) is 0 Å². The number of anilines is 1. The summed E-state index contributed by atoms with van der Waals surface area (Å²) in [6, 6.07) is 9.66. The summed E-state index contributed by atoms with van der Waals surface area (Å²) in [5.41, 5.74) is 3.80. The van der Waals surface area contributed by atoms with Gasteiger partial charge in [-0.3, -0.25) is 9.36 Å². The van der Waals surface area contributed by atoms with Crippen molar-refractivity contribution >= 4 is 45.8 Å². The summed E-state index contributed by atoms with van der Waals surface area (Å²) in [5, 5.41) is 4.88. The minimum atomic E-state index is -0.588. The highest BCUT2D eigenvalue weighted by Gasteiger charge is 2.14. The van der Waals surface area contributed by atoms with Crippen molar-refractivity contribution in [1.29, 1.82) is 0 Å². The summed E-state index contributed by atoms with van der Waals surface area (Å²) in [4.78, 5) is 17.0. The minimum absolute atomic E-state index is 0.111. The van der Waals surface area contributed by atoms with E-state index in [1.54, 1.807) is 31.2 Å². The molecule has 3 aromatic rings. The molecule has 0 radical (unpaired) electrons.